The lowest BCUT2D eigenvalue weighted by Crippen LogP contribution is -2.12. The van der Waals surface area contributed by atoms with Crippen LogP contribution in [-0.4, -0.2) is 18.6 Å². The average molecular weight is 524 g/mol. The molecule has 2 heterocycles. The van der Waals surface area contributed by atoms with Gasteiger partial charge in [-0.05, 0) is 56.3 Å². The van der Waals surface area contributed by atoms with Gasteiger partial charge in [-0.1, -0.05) is 50.9 Å². The summed E-state index contributed by atoms with van der Waals surface area (Å²) in [6.07, 6.45) is 0. The number of aromatic nitrogens is 2. The molecule has 0 fully saturated rings. The SMILES string of the molecule is Cc1ccc(NS(=O)(=O)c2ccc3oc(-c4nc(-c5cccc(Br)c5)no4)c(C)c3c2)cc1. The molecule has 0 saturated carbocycles. The van der Waals surface area contributed by atoms with Crippen LogP contribution >= 0.6 is 15.9 Å². The molecule has 0 amide bonds. The van der Waals surface area contributed by atoms with Gasteiger partial charge in [-0.15, -0.1) is 0 Å². The molecule has 2 aromatic heterocycles. The third-order valence-electron chi connectivity index (χ3n) is 5.22. The lowest BCUT2D eigenvalue weighted by molar-refractivity contribution is 0.419. The molecular weight excluding hydrogens is 506 g/mol. The standard InChI is InChI=1S/C24H18BrN3O4S/c1-14-6-8-18(9-7-14)28-33(29,30)19-10-11-21-20(13-19)15(2)22(31-21)24-26-23(27-32-24)16-4-3-5-17(25)12-16/h3-13,28H,1-2H3. The van der Waals surface area contributed by atoms with E-state index in [0.717, 1.165) is 15.6 Å². The van der Waals surface area contributed by atoms with Crippen molar-refractivity contribution < 1.29 is 17.4 Å². The van der Waals surface area contributed by atoms with Crippen molar-refractivity contribution in [2.45, 2.75) is 18.7 Å². The van der Waals surface area contributed by atoms with E-state index in [1.54, 1.807) is 24.3 Å². The zero-order valence-electron chi connectivity index (χ0n) is 17.7. The molecule has 166 valence electrons. The summed E-state index contributed by atoms with van der Waals surface area (Å²) < 4.78 is 40.7. The summed E-state index contributed by atoms with van der Waals surface area (Å²) in [6, 6.07) is 19.4. The first-order valence-corrected chi connectivity index (χ1v) is 12.3. The van der Waals surface area contributed by atoms with Gasteiger partial charge < -0.3 is 8.94 Å². The van der Waals surface area contributed by atoms with Crippen molar-refractivity contribution in [2.24, 2.45) is 0 Å². The predicted molar refractivity (Wildman–Crippen MR) is 129 cm³/mol. The van der Waals surface area contributed by atoms with Gasteiger partial charge in [0.25, 0.3) is 15.9 Å². The first-order chi connectivity index (χ1) is 15.8. The first kappa shape index (κ1) is 21.4. The molecule has 1 N–H and O–H groups in total. The van der Waals surface area contributed by atoms with Crippen molar-refractivity contribution in [2.75, 3.05) is 4.72 Å². The molecule has 0 atom stereocenters. The molecule has 0 radical (unpaired) electrons. The van der Waals surface area contributed by atoms with Gasteiger partial charge in [0.2, 0.25) is 5.82 Å². The van der Waals surface area contributed by atoms with Crippen LogP contribution in [0.3, 0.4) is 0 Å². The monoisotopic (exact) mass is 523 g/mol. The third-order valence-corrected chi connectivity index (χ3v) is 7.10. The highest BCUT2D eigenvalue weighted by atomic mass is 79.9. The fourth-order valence-electron chi connectivity index (χ4n) is 3.47. The van der Waals surface area contributed by atoms with E-state index < -0.39 is 10.0 Å². The maximum atomic E-state index is 12.9. The van der Waals surface area contributed by atoms with Crippen molar-refractivity contribution in [1.29, 1.82) is 0 Å². The second kappa shape index (κ2) is 8.17. The van der Waals surface area contributed by atoms with Crippen LogP contribution in [0.5, 0.6) is 0 Å². The number of rotatable bonds is 5. The summed E-state index contributed by atoms with van der Waals surface area (Å²) in [7, 11) is -3.77. The zero-order chi connectivity index (χ0) is 23.2. The normalized spacial score (nSPS) is 11.7. The lowest BCUT2D eigenvalue weighted by Gasteiger charge is -2.08. The van der Waals surface area contributed by atoms with Gasteiger partial charge in [0.15, 0.2) is 5.76 Å². The fraction of sp³-hybridized carbons (Fsp3) is 0.0833. The molecule has 9 heteroatoms. The Labute approximate surface area is 198 Å². The number of fused-ring (bicyclic) bond motifs is 1. The molecule has 0 spiro atoms. The molecule has 0 aliphatic carbocycles. The van der Waals surface area contributed by atoms with Gasteiger partial charge in [0.1, 0.15) is 5.58 Å². The zero-order valence-corrected chi connectivity index (χ0v) is 20.1. The first-order valence-electron chi connectivity index (χ1n) is 10.0. The highest BCUT2D eigenvalue weighted by Crippen LogP contribution is 2.34. The van der Waals surface area contributed by atoms with Gasteiger partial charge in [-0.25, -0.2) is 8.42 Å². The maximum absolute atomic E-state index is 12.9. The van der Waals surface area contributed by atoms with Gasteiger partial charge in [-0.3, -0.25) is 4.72 Å². The van der Waals surface area contributed by atoms with Crippen LogP contribution in [0.15, 0.2) is 85.0 Å². The number of furan rings is 1. The molecule has 0 aliphatic heterocycles. The molecule has 33 heavy (non-hydrogen) atoms. The summed E-state index contributed by atoms with van der Waals surface area (Å²) >= 11 is 3.43. The Hall–Kier alpha value is -3.43. The smallest absolute Gasteiger partial charge is 0.294 e. The van der Waals surface area contributed by atoms with Crippen molar-refractivity contribution in [3.05, 3.63) is 82.3 Å². The van der Waals surface area contributed by atoms with E-state index in [4.69, 9.17) is 8.94 Å². The summed E-state index contributed by atoms with van der Waals surface area (Å²) in [5.74, 6) is 1.05. The third kappa shape index (κ3) is 4.17. The number of nitrogens with one attached hydrogen (secondary N) is 1. The van der Waals surface area contributed by atoms with Crippen LogP contribution in [-0.2, 0) is 10.0 Å². The Morgan fingerprint density at radius 3 is 2.52 bits per heavy atom. The molecule has 0 aliphatic rings. The minimum atomic E-state index is -3.77. The minimum absolute atomic E-state index is 0.131. The lowest BCUT2D eigenvalue weighted by atomic mass is 10.1. The van der Waals surface area contributed by atoms with Crippen LogP contribution in [0.25, 0.3) is 34.0 Å². The number of sulfonamides is 1. The molecule has 0 saturated heterocycles. The Morgan fingerprint density at radius 2 is 1.76 bits per heavy atom. The largest absolute Gasteiger partial charge is 0.451 e. The van der Waals surface area contributed by atoms with Crippen LogP contribution in [0.4, 0.5) is 5.69 Å². The number of hydrogen-bond donors (Lipinski definition) is 1. The highest BCUT2D eigenvalue weighted by molar-refractivity contribution is 9.10. The molecule has 0 bridgehead atoms. The minimum Gasteiger partial charge on any atom is -0.451 e. The molecule has 3 aromatic carbocycles. The van der Waals surface area contributed by atoms with E-state index in [9.17, 15) is 8.42 Å². The second-order valence-electron chi connectivity index (χ2n) is 7.62. The summed E-state index contributed by atoms with van der Waals surface area (Å²) in [5.41, 5.74) is 3.57. The van der Waals surface area contributed by atoms with Gasteiger partial charge in [0, 0.05) is 26.7 Å². The highest BCUT2D eigenvalue weighted by Gasteiger charge is 2.22. The van der Waals surface area contributed by atoms with Crippen molar-refractivity contribution in [3.63, 3.8) is 0 Å². The van der Waals surface area contributed by atoms with Crippen LogP contribution < -0.4 is 4.72 Å². The number of halogens is 1. The van der Waals surface area contributed by atoms with E-state index in [2.05, 4.69) is 30.8 Å². The van der Waals surface area contributed by atoms with E-state index >= 15 is 0 Å². The fourth-order valence-corrected chi connectivity index (χ4v) is 4.95. The van der Waals surface area contributed by atoms with Crippen LogP contribution in [0.2, 0.25) is 0 Å². The van der Waals surface area contributed by atoms with Crippen LogP contribution in [0, 0.1) is 13.8 Å². The van der Waals surface area contributed by atoms with Crippen molar-refractivity contribution in [3.8, 4) is 23.0 Å². The quantitative estimate of drug-likeness (QED) is 0.289. The van der Waals surface area contributed by atoms with Crippen molar-refractivity contribution >= 4 is 42.6 Å². The number of benzene rings is 3. The second-order valence-corrected chi connectivity index (χ2v) is 10.2. The van der Waals surface area contributed by atoms with E-state index in [0.29, 0.717) is 33.8 Å². The van der Waals surface area contributed by atoms with Crippen LogP contribution in [0.1, 0.15) is 11.1 Å². The molecule has 5 rings (SSSR count). The van der Waals surface area contributed by atoms with E-state index in [1.807, 2.05) is 50.2 Å². The predicted octanol–water partition coefficient (Wildman–Crippen LogP) is 6.33. The Morgan fingerprint density at radius 1 is 0.970 bits per heavy atom. The van der Waals surface area contributed by atoms with Gasteiger partial charge in [-0.2, -0.15) is 4.98 Å². The van der Waals surface area contributed by atoms with Gasteiger partial charge >= 0.3 is 0 Å². The Bertz CT molecular complexity index is 1590. The number of aryl methyl sites for hydroxylation is 2. The number of hydrogen-bond acceptors (Lipinski definition) is 6. The summed E-state index contributed by atoms with van der Waals surface area (Å²) in [4.78, 5) is 4.59. The maximum Gasteiger partial charge on any atom is 0.294 e. The average Bonchev–Trinajstić information content (AvgIpc) is 3.40. The Kier molecular flexibility index (Phi) is 5.30. The summed E-state index contributed by atoms with van der Waals surface area (Å²) in [5, 5.41) is 4.70. The van der Waals surface area contributed by atoms with E-state index in [-0.39, 0.29) is 10.8 Å². The Balaban J connectivity index is 1.50. The molecule has 7 nitrogen and oxygen atoms in total. The molecule has 5 aromatic rings. The summed E-state index contributed by atoms with van der Waals surface area (Å²) in [6.45, 7) is 3.77. The van der Waals surface area contributed by atoms with Crippen molar-refractivity contribution in [1.82, 2.24) is 10.1 Å². The van der Waals surface area contributed by atoms with E-state index in [1.165, 1.54) is 6.07 Å². The molecule has 0 unspecified atom stereocenters. The molecular formula is C24H18BrN3O4S. The number of nitrogens with zero attached hydrogens (tertiary/aromatic N) is 2. The number of anilines is 1. The topological polar surface area (TPSA) is 98.2 Å². The van der Waals surface area contributed by atoms with Gasteiger partial charge in [0.05, 0.1) is 4.90 Å².